The molecule has 1 amide bonds. The van der Waals surface area contributed by atoms with Crippen LogP contribution in [0.1, 0.15) is 35.8 Å². The van der Waals surface area contributed by atoms with E-state index in [0.29, 0.717) is 12.5 Å². The summed E-state index contributed by atoms with van der Waals surface area (Å²) in [7, 11) is 0. The molecule has 1 atom stereocenters. The second-order valence-electron chi connectivity index (χ2n) is 8.28. The zero-order valence-electron chi connectivity index (χ0n) is 17.2. The summed E-state index contributed by atoms with van der Waals surface area (Å²) in [6, 6.07) is 18.9. The Kier molecular flexibility index (Phi) is 5.65. The lowest BCUT2D eigenvalue weighted by molar-refractivity contribution is -0.132. The van der Waals surface area contributed by atoms with Gasteiger partial charge in [-0.25, -0.2) is 4.98 Å². The molecule has 2 aliphatic rings. The molecule has 2 aliphatic heterocycles. The lowest BCUT2D eigenvalue weighted by atomic mass is 9.98. The summed E-state index contributed by atoms with van der Waals surface area (Å²) < 4.78 is 1.26. The maximum absolute atomic E-state index is 12.9. The Morgan fingerprint density at radius 2 is 1.90 bits per heavy atom. The van der Waals surface area contributed by atoms with Crippen molar-refractivity contribution in [3.8, 4) is 0 Å². The van der Waals surface area contributed by atoms with Crippen molar-refractivity contribution in [1.29, 1.82) is 0 Å². The summed E-state index contributed by atoms with van der Waals surface area (Å²) in [5.41, 5.74) is 3.73. The van der Waals surface area contributed by atoms with Crippen LogP contribution in [-0.2, 0) is 4.79 Å². The number of hydrogen-bond donors (Lipinski definition) is 0. The van der Waals surface area contributed by atoms with Gasteiger partial charge in [0.05, 0.1) is 21.8 Å². The number of carbonyl (C=O) groups excluding carboxylic acids is 1. The van der Waals surface area contributed by atoms with Crippen molar-refractivity contribution >= 4 is 33.0 Å². The van der Waals surface area contributed by atoms with Gasteiger partial charge in [-0.15, -0.1) is 11.3 Å². The van der Waals surface area contributed by atoms with E-state index in [4.69, 9.17) is 4.98 Å². The molecule has 1 saturated heterocycles. The predicted molar refractivity (Wildman–Crippen MR) is 124 cm³/mol. The van der Waals surface area contributed by atoms with Gasteiger partial charge in [-0.05, 0) is 49.1 Å². The maximum Gasteiger partial charge on any atom is 0.237 e. The monoisotopic (exact) mass is 417 g/mol. The Bertz CT molecular complexity index is 1030. The summed E-state index contributed by atoms with van der Waals surface area (Å²) in [5.74, 6) is 0.693. The summed E-state index contributed by atoms with van der Waals surface area (Å²) in [5, 5.41) is 1.22. The van der Waals surface area contributed by atoms with Crippen LogP contribution in [0.15, 0.2) is 60.7 Å². The summed E-state index contributed by atoms with van der Waals surface area (Å²) in [6.45, 7) is 4.00. The number of fused-ring (bicyclic) bond motifs is 1. The first-order chi connectivity index (χ1) is 14.8. The van der Waals surface area contributed by atoms with Crippen molar-refractivity contribution in [2.24, 2.45) is 0 Å². The van der Waals surface area contributed by atoms with Gasteiger partial charge in [0.15, 0.2) is 0 Å². The van der Waals surface area contributed by atoms with E-state index < -0.39 is 0 Å². The van der Waals surface area contributed by atoms with Crippen LogP contribution < -0.4 is 0 Å². The van der Waals surface area contributed by atoms with E-state index in [1.807, 2.05) is 28.4 Å². The first kappa shape index (κ1) is 19.5. The first-order valence-electron chi connectivity index (χ1n) is 10.9. The molecule has 3 heterocycles. The minimum atomic E-state index is 0.253. The number of nitrogens with zero attached hydrogens (tertiary/aromatic N) is 3. The van der Waals surface area contributed by atoms with Crippen LogP contribution in [0, 0.1) is 0 Å². The van der Waals surface area contributed by atoms with Crippen molar-refractivity contribution in [3.05, 3.63) is 71.2 Å². The van der Waals surface area contributed by atoms with Gasteiger partial charge in [0.25, 0.3) is 0 Å². The quantitative estimate of drug-likeness (QED) is 0.612. The van der Waals surface area contributed by atoms with E-state index in [1.165, 1.54) is 20.8 Å². The Morgan fingerprint density at radius 3 is 2.70 bits per heavy atom. The van der Waals surface area contributed by atoms with Crippen molar-refractivity contribution in [2.75, 3.05) is 32.7 Å². The molecule has 3 aromatic rings. The van der Waals surface area contributed by atoms with Gasteiger partial charge in [0, 0.05) is 25.6 Å². The third kappa shape index (κ3) is 4.18. The van der Waals surface area contributed by atoms with Crippen LogP contribution in [0.25, 0.3) is 15.8 Å². The molecule has 5 rings (SSSR count). The Morgan fingerprint density at radius 1 is 1.07 bits per heavy atom. The smallest absolute Gasteiger partial charge is 0.237 e. The van der Waals surface area contributed by atoms with Gasteiger partial charge in [0.2, 0.25) is 5.91 Å². The van der Waals surface area contributed by atoms with Crippen LogP contribution in [0.4, 0.5) is 0 Å². The molecule has 0 bridgehead atoms. The number of piperidine rings is 1. The standard InChI is InChI=1S/C25H27N3OS/c29-24(28-15-12-20(13-16-28)19-7-2-1-3-8-19)18-27-14-6-9-21(17-27)25-26-22-10-4-5-11-23(22)30-25/h1-5,7-8,10-12,21H,6,9,13-18H2/t21-/m1/s1. The fraction of sp³-hybridized carbons (Fsp3) is 0.360. The topological polar surface area (TPSA) is 36.4 Å². The summed E-state index contributed by atoms with van der Waals surface area (Å²) >= 11 is 1.81. The van der Waals surface area contributed by atoms with Crippen molar-refractivity contribution in [3.63, 3.8) is 0 Å². The third-order valence-corrected chi connectivity index (χ3v) is 7.43. The molecule has 0 aliphatic carbocycles. The van der Waals surface area contributed by atoms with Crippen LogP contribution in [0.5, 0.6) is 0 Å². The molecule has 0 N–H and O–H groups in total. The molecule has 1 fully saturated rings. The van der Waals surface area contributed by atoms with Crippen LogP contribution in [0.2, 0.25) is 0 Å². The molecular weight excluding hydrogens is 390 g/mol. The summed E-state index contributed by atoms with van der Waals surface area (Å²) in [4.78, 5) is 22.1. The molecule has 0 radical (unpaired) electrons. The largest absolute Gasteiger partial charge is 0.338 e. The number of aromatic nitrogens is 1. The molecule has 0 spiro atoms. The van der Waals surface area contributed by atoms with Crippen molar-refractivity contribution in [2.45, 2.75) is 25.2 Å². The molecule has 1 aromatic heterocycles. The number of amides is 1. The van der Waals surface area contributed by atoms with E-state index >= 15 is 0 Å². The number of carbonyl (C=O) groups is 1. The second-order valence-corrected chi connectivity index (χ2v) is 9.34. The molecule has 0 saturated carbocycles. The number of para-hydroxylation sites is 1. The summed E-state index contributed by atoms with van der Waals surface area (Å²) in [6.07, 6.45) is 5.45. The number of rotatable bonds is 4. The van der Waals surface area contributed by atoms with E-state index in [0.717, 1.165) is 51.0 Å². The number of benzene rings is 2. The highest BCUT2D eigenvalue weighted by molar-refractivity contribution is 7.18. The average Bonchev–Trinajstić information content (AvgIpc) is 3.24. The number of hydrogen-bond acceptors (Lipinski definition) is 4. The minimum absolute atomic E-state index is 0.253. The van der Waals surface area contributed by atoms with Gasteiger partial charge in [-0.3, -0.25) is 9.69 Å². The predicted octanol–water partition coefficient (Wildman–Crippen LogP) is 4.79. The molecule has 30 heavy (non-hydrogen) atoms. The van der Waals surface area contributed by atoms with Gasteiger partial charge < -0.3 is 4.90 Å². The van der Waals surface area contributed by atoms with Crippen LogP contribution >= 0.6 is 11.3 Å². The van der Waals surface area contributed by atoms with E-state index in [2.05, 4.69) is 53.4 Å². The molecule has 5 heteroatoms. The molecule has 0 unspecified atom stereocenters. The lowest BCUT2D eigenvalue weighted by Gasteiger charge is -2.34. The third-order valence-electron chi connectivity index (χ3n) is 6.23. The highest BCUT2D eigenvalue weighted by Crippen LogP contribution is 2.33. The van der Waals surface area contributed by atoms with E-state index in [1.54, 1.807) is 0 Å². The maximum atomic E-state index is 12.9. The highest BCUT2D eigenvalue weighted by atomic mass is 32.1. The SMILES string of the molecule is O=C(CN1CCC[C@@H](c2nc3ccccc3s2)C1)N1CC=C(c2ccccc2)CC1. The zero-order chi connectivity index (χ0) is 20.3. The van der Waals surface area contributed by atoms with E-state index in [-0.39, 0.29) is 5.91 Å². The second kappa shape index (κ2) is 8.70. The Labute approximate surface area is 181 Å². The van der Waals surface area contributed by atoms with Crippen LogP contribution in [-0.4, -0.2) is 53.4 Å². The van der Waals surface area contributed by atoms with Crippen LogP contribution in [0.3, 0.4) is 0 Å². The molecular formula is C25H27N3OS. The van der Waals surface area contributed by atoms with Gasteiger partial charge >= 0.3 is 0 Å². The van der Waals surface area contributed by atoms with Gasteiger partial charge in [-0.1, -0.05) is 48.5 Å². The number of likely N-dealkylation sites (tertiary alicyclic amines) is 1. The molecule has 2 aromatic carbocycles. The van der Waals surface area contributed by atoms with Gasteiger partial charge in [0.1, 0.15) is 0 Å². The molecule has 4 nitrogen and oxygen atoms in total. The van der Waals surface area contributed by atoms with Gasteiger partial charge in [-0.2, -0.15) is 0 Å². The Balaban J connectivity index is 1.19. The first-order valence-corrected chi connectivity index (χ1v) is 11.7. The zero-order valence-corrected chi connectivity index (χ0v) is 18.0. The fourth-order valence-corrected chi connectivity index (χ4v) is 5.66. The Hall–Kier alpha value is -2.50. The van der Waals surface area contributed by atoms with Crippen molar-refractivity contribution in [1.82, 2.24) is 14.8 Å². The average molecular weight is 418 g/mol. The lowest BCUT2D eigenvalue weighted by Crippen LogP contribution is -2.45. The van der Waals surface area contributed by atoms with Crippen molar-refractivity contribution < 1.29 is 4.79 Å². The highest BCUT2D eigenvalue weighted by Gasteiger charge is 2.27. The minimum Gasteiger partial charge on any atom is -0.338 e. The number of thiazole rings is 1. The fourth-order valence-electron chi connectivity index (χ4n) is 4.57. The van der Waals surface area contributed by atoms with E-state index in [9.17, 15) is 4.79 Å². The molecule has 154 valence electrons. The normalized spacial score (nSPS) is 20.3.